The quantitative estimate of drug-likeness (QED) is 0.877. The molecule has 0 aliphatic heterocycles. The Morgan fingerprint density at radius 2 is 2.42 bits per heavy atom. The molecule has 0 saturated heterocycles. The number of carbonyl (C=O) groups excluding carboxylic acids is 1. The normalized spacial score (nSPS) is 13.7. The number of amides is 1. The van der Waals surface area contributed by atoms with Crippen LogP contribution in [0.1, 0.15) is 19.5 Å². The van der Waals surface area contributed by atoms with Crippen molar-refractivity contribution in [2.75, 3.05) is 6.26 Å². The van der Waals surface area contributed by atoms with Gasteiger partial charge in [-0.3, -0.25) is 9.20 Å². The summed E-state index contributed by atoms with van der Waals surface area (Å²) in [5.74, 6) is -0.143. The minimum atomic E-state index is -0.536. The molecule has 0 radical (unpaired) electrons. The summed E-state index contributed by atoms with van der Waals surface area (Å²) in [5.41, 5.74) is 6.81. The van der Waals surface area contributed by atoms with E-state index in [0.29, 0.717) is 6.54 Å². The Bertz CT molecular complexity index is 547. The van der Waals surface area contributed by atoms with Gasteiger partial charge in [0.15, 0.2) is 4.96 Å². The maximum Gasteiger partial charge on any atom is 0.238 e. The van der Waals surface area contributed by atoms with Gasteiger partial charge >= 0.3 is 0 Å². The van der Waals surface area contributed by atoms with Gasteiger partial charge in [-0.2, -0.15) is 11.8 Å². The average molecular weight is 298 g/mol. The van der Waals surface area contributed by atoms with Gasteiger partial charge in [-0.15, -0.1) is 11.3 Å². The number of nitrogens with two attached hydrogens (primary N) is 1. The number of hydrogen-bond acceptors (Lipinski definition) is 5. The number of carbonyl (C=O) groups is 1. The van der Waals surface area contributed by atoms with Crippen LogP contribution in [0.2, 0.25) is 0 Å². The number of thiazole rings is 1. The zero-order chi connectivity index (χ0) is 14.0. The summed E-state index contributed by atoms with van der Waals surface area (Å²) in [6.45, 7) is 4.34. The van der Waals surface area contributed by atoms with E-state index in [0.717, 1.165) is 10.7 Å². The predicted molar refractivity (Wildman–Crippen MR) is 80.5 cm³/mol. The Kier molecular flexibility index (Phi) is 4.17. The highest BCUT2D eigenvalue weighted by Crippen LogP contribution is 2.24. The van der Waals surface area contributed by atoms with Crippen molar-refractivity contribution in [1.82, 2.24) is 14.7 Å². The van der Waals surface area contributed by atoms with Gasteiger partial charge < -0.3 is 11.1 Å². The first-order valence-corrected chi connectivity index (χ1v) is 8.04. The predicted octanol–water partition coefficient (Wildman–Crippen LogP) is 1.48. The Hall–Kier alpha value is -1.05. The number of thioether (sulfide) groups is 1. The number of nitrogens with one attached hydrogen (secondary N) is 1. The third kappa shape index (κ3) is 3.10. The van der Waals surface area contributed by atoms with E-state index in [9.17, 15) is 4.79 Å². The lowest BCUT2D eigenvalue weighted by Crippen LogP contribution is -2.51. The lowest BCUT2D eigenvalue weighted by molar-refractivity contribution is -0.123. The van der Waals surface area contributed by atoms with Crippen molar-refractivity contribution in [3.8, 4) is 0 Å². The van der Waals surface area contributed by atoms with Gasteiger partial charge in [0.1, 0.15) is 0 Å². The molecule has 0 spiro atoms. The highest BCUT2D eigenvalue weighted by molar-refractivity contribution is 8.00. The van der Waals surface area contributed by atoms with Crippen molar-refractivity contribution >= 4 is 34.0 Å². The summed E-state index contributed by atoms with van der Waals surface area (Å²) in [7, 11) is 0. The van der Waals surface area contributed by atoms with E-state index in [2.05, 4.69) is 10.3 Å². The Morgan fingerprint density at radius 1 is 1.68 bits per heavy atom. The molecule has 1 amide bonds. The van der Waals surface area contributed by atoms with E-state index in [1.54, 1.807) is 23.1 Å². The summed E-state index contributed by atoms with van der Waals surface area (Å²) in [5, 5.41) is 4.82. The summed E-state index contributed by atoms with van der Waals surface area (Å²) >= 11 is 3.15. The van der Waals surface area contributed by atoms with Crippen LogP contribution in [0, 0.1) is 0 Å². The maximum atomic E-state index is 12.0. The van der Waals surface area contributed by atoms with Crippen LogP contribution in [-0.4, -0.2) is 32.3 Å². The molecule has 2 aromatic rings. The van der Waals surface area contributed by atoms with Gasteiger partial charge in [0, 0.05) is 22.5 Å². The lowest BCUT2D eigenvalue weighted by Gasteiger charge is -2.28. The molecule has 1 atom stereocenters. The molecule has 0 unspecified atom stereocenters. The van der Waals surface area contributed by atoms with E-state index in [1.165, 1.54) is 0 Å². The zero-order valence-electron chi connectivity index (χ0n) is 11.2. The van der Waals surface area contributed by atoms with Crippen molar-refractivity contribution in [3.63, 3.8) is 0 Å². The highest BCUT2D eigenvalue weighted by atomic mass is 32.2. The summed E-state index contributed by atoms with van der Waals surface area (Å²) in [6.07, 6.45) is 5.81. The molecule has 0 aliphatic rings. The van der Waals surface area contributed by atoms with Crippen LogP contribution in [0.3, 0.4) is 0 Å². The molecule has 0 saturated carbocycles. The largest absolute Gasteiger partial charge is 0.349 e. The molecule has 0 aromatic carbocycles. The van der Waals surface area contributed by atoms with E-state index >= 15 is 0 Å². The molecule has 5 nitrogen and oxygen atoms in total. The molecular weight excluding hydrogens is 280 g/mol. The van der Waals surface area contributed by atoms with Crippen molar-refractivity contribution in [1.29, 1.82) is 0 Å². The van der Waals surface area contributed by atoms with E-state index in [4.69, 9.17) is 5.73 Å². The first kappa shape index (κ1) is 14.4. The number of nitrogens with zero attached hydrogens (tertiary/aromatic N) is 2. The van der Waals surface area contributed by atoms with Crippen molar-refractivity contribution < 1.29 is 4.79 Å². The van der Waals surface area contributed by atoms with Gasteiger partial charge in [0.2, 0.25) is 5.91 Å². The number of imidazole rings is 1. The second-order valence-electron chi connectivity index (χ2n) is 4.83. The van der Waals surface area contributed by atoms with Gasteiger partial charge in [-0.25, -0.2) is 4.98 Å². The van der Waals surface area contributed by atoms with Crippen LogP contribution >= 0.6 is 23.1 Å². The van der Waals surface area contributed by atoms with Crippen LogP contribution in [0.4, 0.5) is 0 Å². The van der Waals surface area contributed by atoms with Crippen LogP contribution in [0.5, 0.6) is 0 Å². The second kappa shape index (κ2) is 5.52. The van der Waals surface area contributed by atoms with E-state index in [-0.39, 0.29) is 10.7 Å². The molecule has 19 heavy (non-hydrogen) atoms. The van der Waals surface area contributed by atoms with Crippen molar-refractivity contribution in [2.24, 2.45) is 5.73 Å². The third-order valence-electron chi connectivity index (χ3n) is 3.14. The molecule has 2 heterocycles. The highest BCUT2D eigenvalue weighted by Gasteiger charge is 2.31. The maximum absolute atomic E-state index is 12.0. The first-order chi connectivity index (χ1) is 8.94. The monoisotopic (exact) mass is 298 g/mol. The smallest absolute Gasteiger partial charge is 0.238 e. The SMILES string of the molecule is CSC(C)(C)[C@H](N)C(=O)NCc1cn2ccsc2n1. The standard InChI is InChI=1S/C12H18N4OS2/c1-12(2,18-3)9(13)10(17)14-6-8-7-16-4-5-19-11(16)15-8/h4-5,7,9H,6,13H2,1-3H3,(H,14,17)/t9-/m1/s1. The van der Waals surface area contributed by atoms with Gasteiger partial charge in [-0.1, -0.05) is 0 Å². The van der Waals surface area contributed by atoms with Gasteiger partial charge in [0.05, 0.1) is 18.3 Å². The minimum Gasteiger partial charge on any atom is -0.349 e. The Morgan fingerprint density at radius 3 is 3.05 bits per heavy atom. The first-order valence-electron chi connectivity index (χ1n) is 5.93. The van der Waals surface area contributed by atoms with E-state index in [1.807, 2.05) is 42.3 Å². The van der Waals surface area contributed by atoms with Crippen LogP contribution in [-0.2, 0) is 11.3 Å². The molecular formula is C12H18N4OS2. The van der Waals surface area contributed by atoms with Crippen molar-refractivity contribution in [3.05, 3.63) is 23.5 Å². The van der Waals surface area contributed by atoms with Gasteiger partial charge in [0.25, 0.3) is 0 Å². The molecule has 2 rings (SSSR count). The molecule has 7 heteroatoms. The zero-order valence-corrected chi connectivity index (χ0v) is 12.8. The molecule has 104 valence electrons. The molecule has 0 fully saturated rings. The lowest BCUT2D eigenvalue weighted by atomic mass is 10.0. The Balaban J connectivity index is 1.95. The molecule has 2 aromatic heterocycles. The molecule has 0 bridgehead atoms. The number of hydrogen-bond donors (Lipinski definition) is 2. The minimum absolute atomic E-state index is 0.143. The number of aromatic nitrogens is 2. The number of rotatable bonds is 5. The topological polar surface area (TPSA) is 72.4 Å². The third-order valence-corrected chi connectivity index (χ3v) is 5.22. The fourth-order valence-corrected chi connectivity index (χ4v) is 2.67. The fourth-order valence-electron chi connectivity index (χ4n) is 1.59. The van der Waals surface area contributed by atoms with Gasteiger partial charge in [-0.05, 0) is 20.1 Å². The average Bonchev–Trinajstić information content (AvgIpc) is 2.95. The second-order valence-corrected chi connectivity index (χ2v) is 7.16. The molecule has 0 aliphatic carbocycles. The van der Waals surface area contributed by atoms with Crippen LogP contribution in [0.15, 0.2) is 17.8 Å². The molecule has 3 N–H and O–H groups in total. The Labute approximate surface area is 120 Å². The summed E-state index contributed by atoms with van der Waals surface area (Å²) in [4.78, 5) is 17.3. The van der Waals surface area contributed by atoms with Crippen LogP contribution in [0.25, 0.3) is 4.96 Å². The van der Waals surface area contributed by atoms with Crippen LogP contribution < -0.4 is 11.1 Å². The van der Waals surface area contributed by atoms with E-state index < -0.39 is 6.04 Å². The summed E-state index contributed by atoms with van der Waals surface area (Å²) < 4.78 is 1.66. The fraction of sp³-hybridized carbons (Fsp3) is 0.500. The summed E-state index contributed by atoms with van der Waals surface area (Å²) in [6, 6.07) is -0.536. The van der Waals surface area contributed by atoms with Crippen molar-refractivity contribution in [2.45, 2.75) is 31.2 Å². The number of fused-ring (bicyclic) bond motifs is 1.